The number of nitrogens with zero attached hydrogens (tertiary/aromatic N) is 8. The average Bonchev–Trinajstić information content (AvgIpc) is 3.52. The normalized spacial score (nSPS) is 24.1. The highest BCUT2D eigenvalue weighted by atomic mass is 16.4. The van der Waals surface area contributed by atoms with E-state index >= 15 is 0 Å². The van der Waals surface area contributed by atoms with Gasteiger partial charge in [-0.05, 0) is 86.8 Å². The molecule has 224 valence electrons. The highest BCUT2D eigenvalue weighted by molar-refractivity contribution is 6.02. The van der Waals surface area contributed by atoms with Crippen molar-refractivity contribution in [3.63, 3.8) is 0 Å². The van der Waals surface area contributed by atoms with Gasteiger partial charge in [-0.25, -0.2) is 14.8 Å². The summed E-state index contributed by atoms with van der Waals surface area (Å²) in [5.74, 6) is 2.67. The van der Waals surface area contributed by atoms with Crippen molar-refractivity contribution in [1.82, 2.24) is 39.3 Å². The summed E-state index contributed by atoms with van der Waals surface area (Å²) in [5, 5.41) is 27.2. The van der Waals surface area contributed by atoms with E-state index in [0.29, 0.717) is 39.6 Å². The second kappa shape index (κ2) is 10.2. The molecule has 4 saturated carbocycles. The van der Waals surface area contributed by atoms with E-state index in [1.54, 1.807) is 29.2 Å². The van der Waals surface area contributed by atoms with Crippen LogP contribution in [0.25, 0.3) is 28.2 Å². The molecule has 5 aromatic heterocycles. The predicted octanol–water partition coefficient (Wildman–Crippen LogP) is 6.11. The topological polar surface area (TPSA) is 136 Å². The monoisotopic (exact) mass is 589 g/mol. The maximum atomic E-state index is 12.8. The Bertz CT molecular complexity index is 1880. The molecule has 2 unspecified atom stereocenters. The van der Waals surface area contributed by atoms with Gasteiger partial charge < -0.3 is 10.4 Å². The number of hydrogen-bond acceptors (Lipinski definition) is 8. The number of pyridine rings is 1. The molecule has 0 aromatic carbocycles. The molecular weight excluding hydrogens is 554 g/mol. The molecule has 5 aromatic rings. The Labute approximate surface area is 254 Å². The Morgan fingerprint density at radius 2 is 1.80 bits per heavy atom. The third kappa shape index (κ3) is 4.53. The van der Waals surface area contributed by atoms with Gasteiger partial charge in [0, 0.05) is 42.0 Å². The van der Waals surface area contributed by atoms with Gasteiger partial charge >= 0.3 is 5.97 Å². The highest BCUT2D eigenvalue weighted by Crippen LogP contribution is 2.58. The van der Waals surface area contributed by atoms with Crippen LogP contribution in [-0.2, 0) is 6.54 Å². The number of fused-ring (bicyclic) bond motifs is 2. The number of nitrogens with one attached hydrogen (secondary N) is 1. The van der Waals surface area contributed by atoms with Crippen molar-refractivity contribution in [2.45, 2.75) is 65.3 Å². The molecule has 4 bridgehead atoms. The molecule has 4 aliphatic rings. The first-order valence-electron chi connectivity index (χ1n) is 15.5. The fourth-order valence-corrected chi connectivity index (χ4v) is 8.65. The van der Waals surface area contributed by atoms with Crippen LogP contribution in [0.5, 0.6) is 0 Å². The largest absolute Gasteiger partial charge is 0.478 e. The molecule has 11 heteroatoms. The van der Waals surface area contributed by atoms with E-state index < -0.39 is 5.97 Å². The van der Waals surface area contributed by atoms with Crippen LogP contribution in [-0.4, -0.2) is 50.4 Å². The lowest BCUT2D eigenvalue weighted by molar-refractivity contribution is 0.0169. The second-order valence-corrected chi connectivity index (χ2v) is 13.3. The van der Waals surface area contributed by atoms with Crippen molar-refractivity contribution in [3.8, 4) is 22.5 Å². The predicted molar refractivity (Wildman–Crippen MR) is 164 cm³/mol. The number of aromatic nitrogens is 8. The van der Waals surface area contributed by atoms with Gasteiger partial charge in [-0.15, -0.1) is 10.2 Å². The number of carboxylic acids is 1. The summed E-state index contributed by atoms with van der Waals surface area (Å²) in [4.78, 5) is 25.6. The van der Waals surface area contributed by atoms with E-state index in [0.717, 1.165) is 41.1 Å². The summed E-state index contributed by atoms with van der Waals surface area (Å²) >= 11 is 0. The third-order valence-electron chi connectivity index (χ3n) is 10.3. The van der Waals surface area contributed by atoms with Crippen LogP contribution in [0.4, 0.5) is 11.6 Å². The average molecular weight is 590 g/mol. The molecule has 0 radical (unpaired) electrons. The first-order valence-corrected chi connectivity index (χ1v) is 15.5. The van der Waals surface area contributed by atoms with Gasteiger partial charge in [0.25, 0.3) is 0 Å². The van der Waals surface area contributed by atoms with Crippen LogP contribution in [0.15, 0.2) is 49.3 Å². The Kier molecular flexibility index (Phi) is 6.25. The minimum atomic E-state index is -1.03. The zero-order chi connectivity index (χ0) is 30.0. The number of rotatable bonds is 7. The lowest BCUT2D eigenvalue weighted by atomic mass is 9.58. The zero-order valence-electron chi connectivity index (χ0n) is 24.9. The maximum Gasteiger partial charge on any atom is 0.340 e. The molecular formula is C33H35N9O2. The van der Waals surface area contributed by atoms with Gasteiger partial charge in [0.15, 0.2) is 11.5 Å². The molecule has 0 amide bonds. The standard InChI is InChI=1S/C33H35N9O2/c1-19-9-26(39-40-30(19)38-28-17-34-6-7-35-28)27-16-36-31-29(32(43)44)24(5-8-41(27)31)25-15-37-42(20(25)2)18-33-12-21-3-4-22(13-33)11-23(10-21)14-33/h5-9,15-17,21-23H,3-4,10-14,18H2,1-2H3,(H,43,44)(H,35,38,40). The van der Waals surface area contributed by atoms with Crippen molar-refractivity contribution in [2.24, 2.45) is 23.2 Å². The highest BCUT2D eigenvalue weighted by Gasteiger charge is 2.48. The summed E-state index contributed by atoms with van der Waals surface area (Å²) < 4.78 is 3.91. The fraction of sp³-hybridized carbons (Fsp3) is 0.424. The van der Waals surface area contributed by atoms with Gasteiger partial charge in [-0.2, -0.15) is 5.10 Å². The lowest BCUT2D eigenvalue weighted by Gasteiger charge is -2.48. The van der Waals surface area contributed by atoms with Crippen LogP contribution in [0.2, 0.25) is 0 Å². The van der Waals surface area contributed by atoms with Crippen LogP contribution >= 0.6 is 0 Å². The number of imidazole rings is 1. The zero-order valence-corrected chi connectivity index (χ0v) is 24.9. The van der Waals surface area contributed by atoms with E-state index in [4.69, 9.17) is 5.10 Å². The molecule has 0 aliphatic heterocycles. The molecule has 2 atom stereocenters. The van der Waals surface area contributed by atoms with Crippen molar-refractivity contribution in [2.75, 3.05) is 5.32 Å². The molecule has 2 N–H and O–H groups in total. The van der Waals surface area contributed by atoms with Crippen LogP contribution in [0, 0.1) is 37.0 Å². The SMILES string of the molecule is Cc1cc(-c2cnc3c(C(=O)O)c(-c4cnn(CC56CC7CCC(CC(C7)C5)C6)c4C)ccn23)nnc1Nc1cnccn1. The minimum absolute atomic E-state index is 0.152. The Morgan fingerprint density at radius 1 is 1.00 bits per heavy atom. The third-order valence-corrected chi connectivity index (χ3v) is 10.3. The van der Waals surface area contributed by atoms with Crippen molar-refractivity contribution in [3.05, 3.63) is 66.1 Å². The summed E-state index contributed by atoms with van der Waals surface area (Å²) in [6.45, 7) is 4.91. The molecule has 44 heavy (non-hydrogen) atoms. The van der Waals surface area contributed by atoms with E-state index in [9.17, 15) is 9.90 Å². The molecule has 0 spiro atoms. The number of carbonyl (C=O) groups is 1. The summed E-state index contributed by atoms with van der Waals surface area (Å²) in [5.41, 5.74) is 5.38. The van der Waals surface area contributed by atoms with E-state index in [1.807, 2.05) is 31.5 Å². The number of aryl methyl sites for hydroxylation is 1. The van der Waals surface area contributed by atoms with Crippen LogP contribution in [0.1, 0.15) is 66.6 Å². The maximum absolute atomic E-state index is 12.8. The van der Waals surface area contributed by atoms with E-state index in [-0.39, 0.29) is 5.56 Å². The lowest BCUT2D eigenvalue weighted by Crippen LogP contribution is -2.40. The summed E-state index contributed by atoms with van der Waals surface area (Å²) in [6, 6.07) is 3.75. The van der Waals surface area contributed by atoms with Gasteiger partial charge in [-0.3, -0.25) is 14.1 Å². The summed E-state index contributed by atoms with van der Waals surface area (Å²) in [7, 11) is 0. The molecule has 9 rings (SSSR count). The van der Waals surface area contributed by atoms with Crippen molar-refractivity contribution in [1.29, 1.82) is 0 Å². The van der Waals surface area contributed by atoms with Gasteiger partial charge in [-0.1, -0.05) is 12.8 Å². The number of aromatic carboxylic acids is 1. The second-order valence-electron chi connectivity index (χ2n) is 13.3. The van der Waals surface area contributed by atoms with Gasteiger partial charge in [0.1, 0.15) is 17.1 Å². The molecule has 11 nitrogen and oxygen atoms in total. The number of carboxylic acid groups (broad SMARTS) is 1. The van der Waals surface area contributed by atoms with Crippen LogP contribution in [0.3, 0.4) is 0 Å². The van der Waals surface area contributed by atoms with Crippen molar-refractivity contribution < 1.29 is 9.90 Å². The molecule has 5 heterocycles. The Morgan fingerprint density at radius 3 is 2.52 bits per heavy atom. The fourth-order valence-electron chi connectivity index (χ4n) is 8.65. The van der Waals surface area contributed by atoms with E-state index in [1.165, 1.54) is 44.9 Å². The number of hydrogen-bond donors (Lipinski definition) is 2. The smallest absolute Gasteiger partial charge is 0.340 e. The first-order chi connectivity index (χ1) is 21.4. The Hall–Kier alpha value is -4.67. The molecule has 4 fully saturated rings. The first kappa shape index (κ1) is 26.9. The minimum Gasteiger partial charge on any atom is -0.478 e. The van der Waals surface area contributed by atoms with Crippen LogP contribution < -0.4 is 5.32 Å². The quantitative estimate of drug-likeness (QED) is 0.230. The van der Waals surface area contributed by atoms with E-state index in [2.05, 4.69) is 42.1 Å². The van der Waals surface area contributed by atoms with Gasteiger partial charge in [0.2, 0.25) is 0 Å². The van der Waals surface area contributed by atoms with Gasteiger partial charge in [0.05, 0.1) is 24.3 Å². The molecule has 0 saturated heterocycles. The summed E-state index contributed by atoms with van der Waals surface area (Å²) in [6.07, 6.45) is 19.7. The molecule has 4 aliphatic carbocycles. The van der Waals surface area contributed by atoms with Crippen molar-refractivity contribution >= 4 is 23.3 Å². The number of anilines is 2. The Balaban J connectivity index is 1.12.